The monoisotopic (exact) mass is 218 g/mol. The van der Waals surface area contributed by atoms with Crippen molar-refractivity contribution in [1.82, 2.24) is 0 Å². The molecule has 1 aromatic carbocycles. The fourth-order valence-corrected chi connectivity index (χ4v) is 2.06. The van der Waals surface area contributed by atoms with E-state index in [2.05, 4.69) is 9.89 Å². The molecule has 2 rings (SSSR count). The van der Waals surface area contributed by atoms with Gasteiger partial charge in [-0.1, -0.05) is 0 Å². The molecule has 0 fully saturated rings. The zero-order chi connectivity index (χ0) is 11.5. The maximum Gasteiger partial charge on any atom is 0.235 e. The highest BCUT2D eigenvalue weighted by Gasteiger charge is 2.23. The molecule has 0 saturated heterocycles. The second-order valence-corrected chi connectivity index (χ2v) is 3.87. The predicted octanol–water partition coefficient (Wildman–Crippen LogP) is 1.91. The van der Waals surface area contributed by atoms with Crippen molar-refractivity contribution in [2.24, 2.45) is 4.99 Å². The van der Waals surface area contributed by atoms with Crippen molar-refractivity contribution in [3.05, 3.63) is 23.8 Å². The number of ether oxygens (including phenoxy) is 1. The molecule has 1 aliphatic rings. The molecular weight excluding hydrogens is 204 g/mol. The lowest BCUT2D eigenvalue weighted by Gasteiger charge is -2.30. The third kappa shape index (κ3) is 1.79. The molecule has 0 radical (unpaired) electrons. The first-order valence-electron chi connectivity index (χ1n) is 5.22. The Morgan fingerprint density at radius 1 is 1.56 bits per heavy atom. The molecule has 0 bridgehead atoms. The molecule has 84 valence electrons. The zero-order valence-corrected chi connectivity index (χ0v) is 9.43. The van der Waals surface area contributed by atoms with Crippen LogP contribution >= 0.6 is 0 Å². The zero-order valence-electron chi connectivity index (χ0n) is 9.43. The Bertz CT molecular complexity index is 439. The number of rotatable bonds is 2. The highest BCUT2D eigenvalue weighted by atomic mass is 16.5. The van der Waals surface area contributed by atoms with Crippen LogP contribution in [0.5, 0.6) is 5.75 Å². The smallest absolute Gasteiger partial charge is 0.235 e. The van der Waals surface area contributed by atoms with Crippen molar-refractivity contribution in [1.29, 1.82) is 0 Å². The van der Waals surface area contributed by atoms with Crippen LogP contribution in [0.15, 0.2) is 23.2 Å². The van der Waals surface area contributed by atoms with Gasteiger partial charge in [0.15, 0.2) is 0 Å². The van der Waals surface area contributed by atoms with Crippen molar-refractivity contribution < 1.29 is 9.53 Å². The van der Waals surface area contributed by atoms with E-state index in [1.807, 2.05) is 25.2 Å². The molecular formula is C12H14N2O2. The van der Waals surface area contributed by atoms with E-state index < -0.39 is 0 Å². The van der Waals surface area contributed by atoms with Crippen LogP contribution in [0, 0.1) is 0 Å². The van der Waals surface area contributed by atoms with Gasteiger partial charge in [0.2, 0.25) is 6.08 Å². The average molecular weight is 218 g/mol. The fourth-order valence-electron chi connectivity index (χ4n) is 2.06. The van der Waals surface area contributed by atoms with Gasteiger partial charge in [0.1, 0.15) is 5.75 Å². The minimum atomic E-state index is -0.0844. The van der Waals surface area contributed by atoms with E-state index >= 15 is 0 Å². The number of fused-ring (bicyclic) bond motifs is 1. The van der Waals surface area contributed by atoms with Gasteiger partial charge < -0.3 is 9.64 Å². The Kier molecular flexibility index (Phi) is 2.93. The van der Waals surface area contributed by atoms with Gasteiger partial charge in [-0.2, -0.15) is 4.99 Å². The van der Waals surface area contributed by atoms with Gasteiger partial charge in [0, 0.05) is 24.8 Å². The molecule has 0 aromatic heterocycles. The van der Waals surface area contributed by atoms with Crippen molar-refractivity contribution in [2.45, 2.75) is 12.5 Å². The summed E-state index contributed by atoms with van der Waals surface area (Å²) in [6.45, 7) is 0.898. The molecule has 1 atom stereocenters. The van der Waals surface area contributed by atoms with E-state index in [1.54, 1.807) is 13.2 Å². The highest BCUT2D eigenvalue weighted by molar-refractivity contribution is 5.59. The second-order valence-electron chi connectivity index (χ2n) is 3.87. The van der Waals surface area contributed by atoms with Gasteiger partial charge in [-0.15, -0.1) is 0 Å². The van der Waals surface area contributed by atoms with Gasteiger partial charge >= 0.3 is 0 Å². The minimum Gasteiger partial charge on any atom is -0.497 e. The third-order valence-electron chi connectivity index (χ3n) is 2.95. The topological polar surface area (TPSA) is 41.9 Å². The molecule has 0 spiro atoms. The number of carbonyl (C=O) groups excluding carboxylic acids is 1. The molecule has 1 aromatic rings. The Morgan fingerprint density at radius 2 is 2.38 bits per heavy atom. The molecule has 0 saturated carbocycles. The van der Waals surface area contributed by atoms with Crippen LogP contribution in [-0.4, -0.2) is 26.8 Å². The Hall–Kier alpha value is -1.80. The Labute approximate surface area is 94.5 Å². The van der Waals surface area contributed by atoms with E-state index in [9.17, 15) is 4.79 Å². The normalized spacial score (nSPS) is 18.6. The predicted molar refractivity (Wildman–Crippen MR) is 61.7 cm³/mol. The van der Waals surface area contributed by atoms with Gasteiger partial charge in [-0.05, 0) is 24.6 Å². The van der Waals surface area contributed by atoms with Gasteiger partial charge in [-0.25, -0.2) is 4.79 Å². The van der Waals surface area contributed by atoms with Crippen LogP contribution in [0.3, 0.4) is 0 Å². The molecule has 1 unspecified atom stereocenters. The summed E-state index contributed by atoms with van der Waals surface area (Å²) in [6.07, 6.45) is 2.49. The maximum absolute atomic E-state index is 10.4. The van der Waals surface area contributed by atoms with E-state index in [4.69, 9.17) is 4.74 Å². The SMILES string of the molecule is COc1ccc2c(c1)C(N=C=O)CCN2C. The average Bonchev–Trinajstić information content (AvgIpc) is 2.32. The summed E-state index contributed by atoms with van der Waals surface area (Å²) in [7, 11) is 3.67. The van der Waals surface area contributed by atoms with E-state index in [1.165, 1.54) is 0 Å². The standard InChI is InChI=1S/C12H14N2O2/c1-14-6-5-11(13-8-15)10-7-9(16-2)3-4-12(10)14/h3-4,7,11H,5-6H2,1-2H3. The Balaban J connectivity index is 2.48. The molecule has 4 nitrogen and oxygen atoms in total. The van der Waals surface area contributed by atoms with E-state index in [0.29, 0.717) is 0 Å². The minimum absolute atomic E-state index is 0.0844. The summed E-state index contributed by atoms with van der Waals surface area (Å²) < 4.78 is 5.18. The molecule has 1 heterocycles. The lowest BCUT2D eigenvalue weighted by molar-refractivity contribution is 0.413. The largest absolute Gasteiger partial charge is 0.497 e. The van der Waals surface area contributed by atoms with Crippen molar-refractivity contribution in [3.63, 3.8) is 0 Å². The summed E-state index contributed by atoms with van der Waals surface area (Å²) in [5, 5.41) is 0. The van der Waals surface area contributed by atoms with Crippen molar-refractivity contribution in [3.8, 4) is 5.75 Å². The van der Waals surface area contributed by atoms with Crippen LogP contribution in [0.25, 0.3) is 0 Å². The first kappa shape index (κ1) is 10.7. The third-order valence-corrected chi connectivity index (χ3v) is 2.95. The number of hydrogen-bond acceptors (Lipinski definition) is 4. The Morgan fingerprint density at radius 3 is 3.06 bits per heavy atom. The molecule has 0 N–H and O–H groups in total. The number of anilines is 1. The van der Waals surface area contributed by atoms with Crippen molar-refractivity contribution in [2.75, 3.05) is 25.6 Å². The van der Waals surface area contributed by atoms with E-state index in [0.717, 1.165) is 30.0 Å². The van der Waals surface area contributed by atoms with Gasteiger partial charge in [-0.3, -0.25) is 0 Å². The summed E-state index contributed by atoms with van der Waals surface area (Å²) >= 11 is 0. The summed E-state index contributed by atoms with van der Waals surface area (Å²) in [5.74, 6) is 0.792. The molecule has 0 aliphatic carbocycles. The number of isocyanates is 1. The first-order valence-corrected chi connectivity index (χ1v) is 5.22. The number of aliphatic imine (C=N–C) groups is 1. The quantitative estimate of drug-likeness (QED) is 0.562. The van der Waals surface area contributed by atoms with Gasteiger partial charge in [0.05, 0.1) is 13.2 Å². The van der Waals surface area contributed by atoms with Crippen LogP contribution in [0.2, 0.25) is 0 Å². The number of benzene rings is 1. The van der Waals surface area contributed by atoms with Gasteiger partial charge in [0.25, 0.3) is 0 Å². The van der Waals surface area contributed by atoms with Crippen LogP contribution in [0.1, 0.15) is 18.0 Å². The summed E-state index contributed by atoms with van der Waals surface area (Å²) in [4.78, 5) is 16.4. The van der Waals surface area contributed by atoms with Crippen LogP contribution in [-0.2, 0) is 4.79 Å². The second kappa shape index (κ2) is 4.37. The fraction of sp³-hybridized carbons (Fsp3) is 0.417. The van der Waals surface area contributed by atoms with Crippen LogP contribution in [0.4, 0.5) is 5.69 Å². The molecule has 4 heteroatoms. The number of hydrogen-bond donors (Lipinski definition) is 0. The van der Waals surface area contributed by atoms with Crippen molar-refractivity contribution >= 4 is 11.8 Å². The highest BCUT2D eigenvalue weighted by Crippen LogP contribution is 2.37. The maximum atomic E-state index is 10.4. The van der Waals surface area contributed by atoms with Crippen LogP contribution < -0.4 is 9.64 Å². The first-order chi connectivity index (χ1) is 7.76. The summed E-state index contributed by atoms with van der Waals surface area (Å²) in [6, 6.07) is 5.78. The molecule has 1 aliphatic heterocycles. The lowest BCUT2D eigenvalue weighted by Crippen LogP contribution is -2.26. The molecule has 0 amide bonds. The van der Waals surface area contributed by atoms with E-state index in [-0.39, 0.29) is 6.04 Å². The number of nitrogens with zero attached hydrogens (tertiary/aromatic N) is 2. The summed E-state index contributed by atoms with van der Waals surface area (Å²) in [5.41, 5.74) is 2.15. The number of methoxy groups -OCH3 is 1. The molecule has 16 heavy (non-hydrogen) atoms. The lowest BCUT2D eigenvalue weighted by atomic mass is 9.97.